The first kappa shape index (κ1) is 17.3. The van der Waals surface area contributed by atoms with Gasteiger partial charge in [-0.1, -0.05) is 11.3 Å². The van der Waals surface area contributed by atoms with E-state index in [1.165, 1.54) is 11.3 Å². The Hall–Kier alpha value is -3.13. The van der Waals surface area contributed by atoms with Crippen LogP contribution in [0.1, 0.15) is 5.69 Å². The molecular weight excluding hydrogens is 364 g/mol. The summed E-state index contributed by atoms with van der Waals surface area (Å²) in [5, 5.41) is 5.59. The minimum atomic E-state index is 0.575. The second-order valence-corrected chi connectivity index (χ2v) is 6.76. The van der Waals surface area contributed by atoms with Crippen LogP contribution in [0, 0.1) is 6.92 Å². The van der Waals surface area contributed by atoms with Crippen LogP contribution in [-0.4, -0.2) is 40.9 Å². The average Bonchev–Trinajstić information content (AvgIpc) is 3.27. The van der Waals surface area contributed by atoms with Gasteiger partial charge in [-0.25, -0.2) is 14.5 Å². The SMILES string of the molecule is COc1ccc(-c2nc3sc(-c4ccc(OC)c(OC)c4)nn3c2C)cn1. The van der Waals surface area contributed by atoms with Crippen molar-refractivity contribution < 1.29 is 14.2 Å². The smallest absolute Gasteiger partial charge is 0.213 e. The number of aromatic nitrogens is 4. The van der Waals surface area contributed by atoms with E-state index in [9.17, 15) is 0 Å². The lowest BCUT2D eigenvalue weighted by Gasteiger charge is -2.07. The van der Waals surface area contributed by atoms with Crippen LogP contribution >= 0.6 is 11.3 Å². The predicted octanol–water partition coefficient (Wildman–Crippen LogP) is 3.85. The number of hydrogen-bond donors (Lipinski definition) is 0. The molecule has 1 aromatic carbocycles. The van der Waals surface area contributed by atoms with Crippen LogP contribution in [0.15, 0.2) is 36.5 Å². The van der Waals surface area contributed by atoms with Crippen molar-refractivity contribution in [1.82, 2.24) is 19.6 Å². The van der Waals surface area contributed by atoms with E-state index in [1.54, 1.807) is 27.5 Å². The van der Waals surface area contributed by atoms with Crippen molar-refractivity contribution in [2.24, 2.45) is 0 Å². The molecule has 0 amide bonds. The van der Waals surface area contributed by atoms with Gasteiger partial charge in [0.1, 0.15) is 5.01 Å². The molecule has 27 heavy (non-hydrogen) atoms. The summed E-state index contributed by atoms with van der Waals surface area (Å²) in [5.41, 5.74) is 3.71. The lowest BCUT2D eigenvalue weighted by atomic mass is 10.2. The van der Waals surface area contributed by atoms with E-state index in [0.717, 1.165) is 32.5 Å². The molecule has 7 nitrogen and oxygen atoms in total. The van der Waals surface area contributed by atoms with Crippen molar-refractivity contribution in [3.63, 3.8) is 0 Å². The number of methoxy groups -OCH3 is 3. The van der Waals surface area contributed by atoms with Gasteiger partial charge in [0, 0.05) is 23.4 Å². The van der Waals surface area contributed by atoms with Crippen molar-refractivity contribution in [3.05, 3.63) is 42.2 Å². The first-order chi connectivity index (χ1) is 13.1. The van der Waals surface area contributed by atoms with E-state index >= 15 is 0 Å². The minimum absolute atomic E-state index is 0.575. The fourth-order valence-electron chi connectivity index (χ4n) is 2.85. The number of pyridine rings is 1. The van der Waals surface area contributed by atoms with E-state index in [1.807, 2.05) is 41.8 Å². The van der Waals surface area contributed by atoms with E-state index in [4.69, 9.17) is 24.3 Å². The zero-order valence-corrected chi connectivity index (χ0v) is 16.2. The molecule has 0 saturated heterocycles. The van der Waals surface area contributed by atoms with Gasteiger partial charge in [-0.15, -0.1) is 0 Å². The molecule has 0 unspecified atom stereocenters. The molecule has 0 spiro atoms. The normalized spacial score (nSPS) is 11.0. The zero-order chi connectivity index (χ0) is 19.0. The molecule has 3 heterocycles. The fraction of sp³-hybridized carbons (Fsp3) is 0.211. The van der Waals surface area contributed by atoms with Gasteiger partial charge in [0.05, 0.1) is 32.7 Å². The Labute approximate surface area is 160 Å². The summed E-state index contributed by atoms with van der Waals surface area (Å²) < 4.78 is 17.7. The van der Waals surface area contributed by atoms with Crippen LogP contribution in [0.25, 0.3) is 26.8 Å². The van der Waals surface area contributed by atoms with E-state index < -0.39 is 0 Å². The van der Waals surface area contributed by atoms with Crippen molar-refractivity contribution in [1.29, 1.82) is 0 Å². The monoisotopic (exact) mass is 382 g/mol. The Morgan fingerprint density at radius 1 is 0.926 bits per heavy atom. The molecule has 0 fully saturated rings. The molecule has 0 bridgehead atoms. The maximum absolute atomic E-state index is 5.39. The highest BCUT2D eigenvalue weighted by Gasteiger charge is 2.17. The summed E-state index contributed by atoms with van der Waals surface area (Å²) in [6.07, 6.45) is 1.76. The maximum Gasteiger partial charge on any atom is 0.213 e. The van der Waals surface area contributed by atoms with Crippen LogP contribution in [0.2, 0.25) is 0 Å². The van der Waals surface area contributed by atoms with E-state index in [-0.39, 0.29) is 0 Å². The number of benzene rings is 1. The predicted molar refractivity (Wildman–Crippen MR) is 104 cm³/mol. The summed E-state index contributed by atoms with van der Waals surface area (Å²) in [4.78, 5) is 9.82. The topological polar surface area (TPSA) is 70.8 Å². The molecule has 0 aliphatic rings. The van der Waals surface area contributed by atoms with Gasteiger partial charge >= 0.3 is 0 Å². The third kappa shape index (κ3) is 2.97. The third-order valence-corrected chi connectivity index (χ3v) is 5.23. The van der Waals surface area contributed by atoms with E-state index in [0.29, 0.717) is 17.4 Å². The highest BCUT2D eigenvalue weighted by atomic mass is 32.1. The molecule has 4 rings (SSSR count). The second-order valence-electron chi connectivity index (χ2n) is 5.81. The molecule has 0 aliphatic heterocycles. The summed E-state index contributed by atoms with van der Waals surface area (Å²) in [7, 11) is 4.84. The second kappa shape index (κ2) is 6.88. The number of hydrogen-bond acceptors (Lipinski definition) is 7. The maximum atomic E-state index is 5.39. The molecule has 8 heteroatoms. The highest BCUT2D eigenvalue weighted by Crippen LogP contribution is 2.35. The quantitative estimate of drug-likeness (QED) is 0.522. The summed E-state index contributed by atoms with van der Waals surface area (Å²) in [6, 6.07) is 9.52. The number of nitrogens with zero attached hydrogens (tertiary/aromatic N) is 4. The number of fused-ring (bicyclic) bond motifs is 1. The van der Waals surface area contributed by atoms with Crippen molar-refractivity contribution in [3.8, 4) is 39.2 Å². The van der Waals surface area contributed by atoms with Crippen LogP contribution < -0.4 is 14.2 Å². The Morgan fingerprint density at radius 3 is 2.33 bits per heavy atom. The van der Waals surface area contributed by atoms with Crippen LogP contribution in [0.3, 0.4) is 0 Å². The Bertz CT molecular complexity index is 1100. The minimum Gasteiger partial charge on any atom is -0.493 e. The van der Waals surface area contributed by atoms with Crippen molar-refractivity contribution in [2.45, 2.75) is 6.92 Å². The first-order valence-electron chi connectivity index (χ1n) is 8.23. The molecule has 0 saturated carbocycles. The number of rotatable bonds is 5. The van der Waals surface area contributed by atoms with Crippen LogP contribution in [0.5, 0.6) is 17.4 Å². The van der Waals surface area contributed by atoms with Crippen LogP contribution in [0.4, 0.5) is 0 Å². The Balaban J connectivity index is 1.74. The molecular formula is C19H18N4O3S. The molecule has 138 valence electrons. The molecule has 0 atom stereocenters. The summed E-state index contributed by atoms with van der Waals surface area (Å²) >= 11 is 1.52. The summed E-state index contributed by atoms with van der Waals surface area (Å²) in [5.74, 6) is 1.93. The molecule has 0 aliphatic carbocycles. The third-order valence-electron chi connectivity index (χ3n) is 4.28. The number of imidazole rings is 1. The van der Waals surface area contributed by atoms with Gasteiger partial charge in [0.2, 0.25) is 10.8 Å². The van der Waals surface area contributed by atoms with Gasteiger partial charge < -0.3 is 14.2 Å². The van der Waals surface area contributed by atoms with Crippen LogP contribution in [-0.2, 0) is 0 Å². The first-order valence-corrected chi connectivity index (χ1v) is 9.05. The Morgan fingerprint density at radius 2 is 1.70 bits per heavy atom. The number of ether oxygens (including phenoxy) is 3. The zero-order valence-electron chi connectivity index (χ0n) is 15.4. The van der Waals surface area contributed by atoms with Gasteiger partial charge in [0.25, 0.3) is 0 Å². The Kier molecular flexibility index (Phi) is 4.41. The fourth-order valence-corrected chi connectivity index (χ4v) is 3.79. The number of aryl methyl sites for hydroxylation is 1. The molecule has 0 radical (unpaired) electrons. The lowest BCUT2D eigenvalue weighted by molar-refractivity contribution is 0.355. The average molecular weight is 382 g/mol. The molecule has 0 N–H and O–H groups in total. The summed E-state index contributed by atoms with van der Waals surface area (Å²) in [6.45, 7) is 2.00. The van der Waals surface area contributed by atoms with Crippen molar-refractivity contribution >= 4 is 16.3 Å². The van der Waals surface area contributed by atoms with Gasteiger partial charge in [-0.2, -0.15) is 5.10 Å². The highest BCUT2D eigenvalue weighted by molar-refractivity contribution is 7.19. The largest absolute Gasteiger partial charge is 0.493 e. The van der Waals surface area contributed by atoms with Gasteiger partial charge in [0.15, 0.2) is 11.5 Å². The molecule has 3 aromatic heterocycles. The van der Waals surface area contributed by atoms with Gasteiger partial charge in [-0.05, 0) is 31.2 Å². The van der Waals surface area contributed by atoms with Gasteiger partial charge in [-0.3, -0.25) is 0 Å². The van der Waals surface area contributed by atoms with E-state index in [2.05, 4.69) is 4.98 Å². The molecule has 4 aromatic rings. The standard InChI is InChI=1S/C19H18N4O3S/c1-11-17(13-6-8-16(26-4)20-10-13)21-19-23(11)22-18(27-19)12-5-7-14(24-2)15(9-12)25-3/h5-10H,1-4H3. The lowest BCUT2D eigenvalue weighted by Crippen LogP contribution is -1.92. The van der Waals surface area contributed by atoms with Crippen molar-refractivity contribution in [2.75, 3.05) is 21.3 Å².